The van der Waals surface area contributed by atoms with E-state index in [0.717, 1.165) is 6.42 Å². The summed E-state index contributed by atoms with van der Waals surface area (Å²) in [6.07, 6.45) is 0.822. The summed E-state index contributed by atoms with van der Waals surface area (Å²) in [6, 6.07) is 0.0515. The van der Waals surface area contributed by atoms with Crippen molar-refractivity contribution in [2.75, 3.05) is 12.4 Å². The normalized spacial score (nSPS) is 17.0. The third-order valence-corrected chi connectivity index (χ3v) is 5.55. The van der Waals surface area contributed by atoms with Crippen molar-refractivity contribution in [1.82, 2.24) is 4.31 Å². The monoisotopic (exact) mass is 241 g/mol. The summed E-state index contributed by atoms with van der Waals surface area (Å²) in [6.45, 7) is 7.91. The summed E-state index contributed by atoms with van der Waals surface area (Å²) in [5, 5.41) is -0.502. The minimum Gasteiger partial charge on any atom is -0.212 e. The van der Waals surface area contributed by atoms with Gasteiger partial charge in [-0.05, 0) is 20.3 Å². The Morgan fingerprint density at radius 3 is 2.07 bits per heavy atom. The van der Waals surface area contributed by atoms with E-state index < -0.39 is 15.3 Å². The van der Waals surface area contributed by atoms with Crippen molar-refractivity contribution in [2.24, 2.45) is 0 Å². The zero-order chi connectivity index (χ0) is 11.4. The molecule has 5 heteroatoms. The average Bonchev–Trinajstić information content (AvgIpc) is 2.16. The predicted molar refractivity (Wildman–Crippen MR) is 61.2 cm³/mol. The van der Waals surface area contributed by atoms with Crippen LogP contribution in [0, 0.1) is 0 Å². The van der Waals surface area contributed by atoms with Crippen molar-refractivity contribution >= 4 is 21.6 Å². The maximum atomic E-state index is 11.9. The van der Waals surface area contributed by atoms with Crippen LogP contribution in [-0.2, 0) is 10.0 Å². The number of hydrogen-bond donors (Lipinski definition) is 0. The highest BCUT2D eigenvalue weighted by molar-refractivity contribution is 7.89. The van der Waals surface area contributed by atoms with Crippen LogP contribution in [0.3, 0.4) is 0 Å². The molecule has 0 spiro atoms. The van der Waals surface area contributed by atoms with Crippen LogP contribution >= 0.6 is 11.6 Å². The van der Waals surface area contributed by atoms with E-state index in [0.29, 0.717) is 6.54 Å². The second kappa shape index (κ2) is 5.93. The molecule has 14 heavy (non-hydrogen) atoms. The Morgan fingerprint density at radius 1 is 1.29 bits per heavy atom. The van der Waals surface area contributed by atoms with Crippen LogP contribution in [0.5, 0.6) is 0 Å². The number of alkyl halides is 1. The third kappa shape index (κ3) is 3.11. The van der Waals surface area contributed by atoms with Gasteiger partial charge in [0.1, 0.15) is 0 Å². The summed E-state index contributed by atoms with van der Waals surface area (Å²) >= 11 is 5.58. The van der Waals surface area contributed by atoms with Gasteiger partial charge in [0.15, 0.2) is 0 Å². The molecule has 0 N–H and O–H groups in total. The maximum Gasteiger partial charge on any atom is 0.218 e. The summed E-state index contributed by atoms with van der Waals surface area (Å²) in [7, 11) is -3.21. The minimum absolute atomic E-state index is 0.0515. The maximum absolute atomic E-state index is 11.9. The first-order valence-electron chi connectivity index (χ1n) is 4.98. The van der Waals surface area contributed by atoms with E-state index in [-0.39, 0.29) is 11.9 Å². The van der Waals surface area contributed by atoms with E-state index >= 15 is 0 Å². The van der Waals surface area contributed by atoms with Crippen molar-refractivity contribution in [3.63, 3.8) is 0 Å². The van der Waals surface area contributed by atoms with Crippen molar-refractivity contribution in [3.05, 3.63) is 0 Å². The number of sulfonamides is 1. The lowest BCUT2D eigenvalue weighted by atomic mass is 10.3. The molecule has 2 unspecified atom stereocenters. The molecule has 0 saturated carbocycles. The molecule has 0 aliphatic heterocycles. The Hall–Kier alpha value is 0.200. The van der Waals surface area contributed by atoms with Crippen LogP contribution in [0.4, 0.5) is 0 Å². The smallest absolute Gasteiger partial charge is 0.212 e. The topological polar surface area (TPSA) is 37.4 Å². The molecule has 0 aliphatic carbocycles. The molecule has 0 aromatic rings. The minimum atomic E-state index is -3.21. The Kier molecular flexibility index (Phi) is 6.02. The first-order valence-corrected chi connectivity index (χ1v) is 7.02. The number of nitrogens with zero attached hydrogens (tertiary/aromatic N) is 1. The van der Waals surface area contributed by atoms with Gasteiger partial charge in [0, 0.05) is 18.5 Å². The van der Waals surface area contributed by atoms with Crippen molar-refractivity contribution < 1.29 is 8.42 Å². The second-order valence-corrected chi connectivity index (χ2v) is 6.08. The molecule has 0 bridgehead atoms. The van der Waals surface area contributed by atoms with E-state index in [9.17, 15) is 8.42 Å². The summed E-state index contributed by atoms with van der Waals surface area (Å²) in [4.78, 5) is 0. The lowest BCUT2D eigenvalue weighted by Gasteiger charge is -2.28. The van der Waals surface area contributed by atoms with E-state index in [1.165, 1.54) is 4.31 Å². The molecule has 0 saturated heterocycles. The summed E-state index contributed by atoms with van der Waals surface area (Å²) in [5.41, 5.74) is 0. The van der Waals surface area contributed by atoms with Crippen molar-refractivity contribution in [2.45, 2.75) is 45.4 Å². The number of halogens is 1. The molecule has 0 aliphatic rings. The van der Waals surface area contributed by atoms with Gasteiger partial charge in [-0.25, -0.2) is 8.42 Å². The van der Waals surface area contributed by atoms with Gasteiger partial charge in [-0.3, -0.25) is 0 Å². The molecular weight excluding hydrogens is 222 g/mol. The fourth-order valence-corrected chi connectivity index (χ4v) is 3.37. The second-order valence-electron chi connectivity index (χ2n) is 3.47. The molecule has 0 amide bonds. The zero-order valence-corrected chi connectivity index (χ0v) is 10.9. The lowest BCUT2D eigenvalue weighted by Crippen LogP contribution is -2.43. The van der Waals surface area contributed by atoms with E-state index in [1.807, 2.05) is 20.8 Å². The van der Waals surface area contributed by atoms with Crippen LogP contribution in [0.1, 0.15) is 34.1 Å². The highest BCUT2D eigenvalue weighted by Crippen LogP contribution is 2.15. The first-order chi connectivity index (χ1) is 6.41. The van der Waals surface area contributed by atoms with Gasteiger partial charge in [0.2, 0.25) is 10.0 Å². The first kappa shape index (κ1) is 14.2. The van der Waals surface area contributed by atoms with Crippen LogP contribution in [0.15, 0.2) is 0 Å². The average molecular weight is 242 g/mol. The van der Waals surface area contributed by atoms with E-state index in [4.69, 9.17) is 11.6 Å². The molecule has 0 heterocycles. The van der Waals surface area contributed by atoms with Gasteiger partial charge in [0.25, 0.3) is 0 Å². The largest absolute Gasteiger partial charge is 0.218 e. The Bertz CT molecular complexity index is 254. The van der Waals surface area contributed by atoms with Gasteiger partial charge < -0.3 is 0 Å². The fraction of sp³-hybridized carbons (Fsp3) is 1.00. The molecule has 0 aromatic heterocycles. The molecule has 0 radical (unpaired) electrons. The van der Waals surface area contributed by atoms with Crippen LogP contribution < -0.4 is 0 Å². The van der Waals surface area contributed by atoms with Gasteiger partial charge in [0.05, 0.1) is 5.25 Å². The van der Waals surface area contributed by atoms with E-state index in [1.54, 1.807) is 6.92 Å². The number of hydrogen-bond acceptors (Lipinski definition) is 2. The highest BCUT2D eigenvalue weighted by Gasteiger charge is 2.29. The Labute approximate surface area is 92.5 Å². The summed E-state index contributed by atoms with van der Waals surface area (Å²) < 4.78 is 25.4. The SMILES string of the molecule is CCC(C)N(CC)S(=O)(=O)C(C)CCl. The standard InChI is InChI=1S/C9H20ClNO2S/c1-5-8(3)11(6-2)14(12,13)9(4)7-10/h8-9H,5-7H2,1-4H3. The van der Waals surface area contributed by atoms with Crippen molar-refractivity contribution in [1.29, 1.82) is 0 Å². The van der Waals surface area contributed by atoms with Crippen LogP contribution in [0.25, 0.3) is 0 Å². The number of rotatable bonds is 6. The van der Waals surface area contributed by atoms with Gasteiger partial charge in [-0.1, -0.05) is 13.8 Å². The van der Waals surface area contributed by atoms with Gasteiger partial charge in [-0.15, -0.1) is 11.6 Å². The molecule has 0 rings (SSSR count). The highest BCUT2D eigenvalue weighted by atomic mass is 35.5. The Morgan fingerprint density at radius 2 is 1.79 bits per heavy atom. The zero-order valence-electron chi connectivity index (χ0n) is 9.33. The Balaban J connectivity index is 4.84. The van der Waals surface area contributed by atoms with Gasteiger partial charge >= 0.3 is 0 Å². The third-order valence-electron chi connectivity index (χ3n) is 2.45. The van der Waals surface area contributed by atoms with E-state index in [2.05, 4.69) is 0 Å². The van der Waals surface area contributed by atoms with Crippen molar-refractivity contribution in [3.8, 4) is 0 Å². The molecule has 0 fully saturated rings. The van der Waals surface area contributed by atoms with Crippen LogP contribution in [0.2, 0.25) is 0 Å². The predicted octanol–water partition coefficient (Wildman–Crippen LogP) is 2.06. The lowest BCUT2D eigenvalue weighted by molar-refractivity contribution is 0.339. The molecular formula is C9H20ClNO2S. The molecule has 2 atom stereocenters. The van der Waals surface area contributed by atoms with Gasteiger partial charge in [-0.2, -0.15) is 4.31 Å². The van der Waals surface area contributed by atoms with Crippen LogP contribution in [-0.4, -0.2) is 36.4 Å². The summed E-state index contributed by atoms with van der Waals surface area (Å²) in [5.74, 6) is 0.148. The fourth-order valence-electron chi connectivity index (χ4n) is 1.26. The molecule has 0 aromatic carbocycles. The molecule has 86 valence electrons. The molecule has 3 nitrogen and oxygen atoms in total. The quantitative estimate of drug-likeness (QED) is 0.668.